The fourth-order valence-corrected chi connectivity index (χ4v) is 2.96. The van der Waals surface area contributed by atoms with Crippen LogP contribution in [0.2, 0.25) is 0 Å². The van der Waals surface area contributed by atoms with Crippen molar-refractivity contribution in [1.29, 1.82) is 0 Å². The van der Waals surface area contributed by atoms with Gasteiger partial charge in [0.15, 0.2) is 5.82 Å². The Morgan fingerprint density at radius 3 is 2.61 bits per heavy atom. The van der Waals surface area contributed by atoms with Crippen LogP contribution in [0.4, 0.5) is 5.82 Å². The lowest BCUT2D eigenvalue weighted by atomic mass is 10.2. The average Bonchev–Trinajstić information content (AvgIpc) is 3.06. The van der Waals surface area contributed by atoms with E-state index >= 15 is 0 Å². The second-order valence-electron chi connectivity index (χ2n) is 5.59. The molecule has 0 fully saturated rings. The van der Waals surface area contributed by atoms with E-state index in [1.54, 1.807) is 29.5 Å². The molecule has 1 aromatic carbocycles. The highest BCUT2D eigenvalue weighted by molar-refractivity contribution is 7.13. The number of anilines is 1. The lowest BCUT2D eigenvalue weighted by Crippen LogP contribution is -2.27. The Bertz CT molecular complexity index is 860. The number of nitrogens with zero attached hydrogens (tertiary/aromatic N) is 3. The number of carboxylic acid groups (broad SMARTS) is 1. The molecule has 0 atom stereocenters. The minimum atomic E-state index is -0.963. The van der Waals surface area contributed by atoms with Crippen LogP contribution in [0.25, 0.3) is 21.6 Å². The zero-order chi connectivity index (χ0) is 16.6. The molecule has 0 aliphatic heterocycles. The Kier molecular flexibility index (Phi) is 4.00. The van der Waals surface area contributed by atoms with Crippen molar-refractivity contribution < 1.29 is 9.90 Å². The summed E-state index contributed by atoms with van der Waals surface area (Å²) in [5, 5.41) is 11.2. The molecule has 2 heterocycles. The van der Waals surface area contributed by atoms with Crippen molar-refractivity contribution in [2.45, 2.75) is 19.9 Å². The highest BCUT2D eigenvalue weighted by Crippen LogP contribution is 2.33. The molecule has 3 aromatic rings. The molecule has 0 aliphatic rings. The summed E-state index contributed by atoms with van der Waals surface area (Å²) in [6.07, 6.45) is 0. The smallest absolute Gasteiger partial charge is 0.335 e. The number of thiophene rings is 1. The van der Waals surface area contributed by atoms with E-state index in [0.717, 1.165) is 16.4 Å². The second-order valence-corrected chi connectivity index (χ2v) is 6.53. The van der Waals surface area contributed by atoms with E-state index in [9.17, 15) is 4.79 Å². The van der Waals surface area contributed by atoms with Crippen LogP contribution < -0.4 is 4.90 Å². The normalized spacial score (nSPS) is 11.1. The molecule has 0 radical (unpaired) electrons. The third-order valence-electron chi connectivity index (χ3n) is 3.76. The van der Waals surface area contributed by atoms with E-state index in [1.165, 1.54) is 0 Å². The number of benzene rings is 1. The number of aromatic nitrogens is 2. The van der Waals surface area contributed by atoms with Gasteiger partial charge >= 0.3 is 5.97 Å². The number of aromatic carboxylic acids is 1. The van der Waals surface area contributed by atoms with Gasteiger partial charge in [-0.1, -0.05) is 6.07 Å². The summed E-state index contributed by atoms with van der Waals surface area (Å²) in [5.41, 5.74) is 2.33. The molecule has 1 N–H and O–H groups in total. The molecule has 0 saturated heterocycles. The first-order chi connectivity index (χ1) is 11.0. The van der Waals surface area contributed by atoms with Crippen molar-refractivity contribution >= 4 is 34.2 Å². The third kappa shape index (κ3) is 2.90. The SMILES string of the molecule is CC(C)N(C)c1nc2cc(C(=O)O)ccc2nc1-c1cccs1. The van der Waals surface area contributed by atoms with Gasteiger partial charge in [0.1, 0.15) is 5.69 Å². The van der Waals surface area contributed by atoms with Gasteiger partial charge < -0.3 is 10.0 Å². The van der Waals surface area contributed by atoms with Crippen LogP contribution in [0.1, 0.15) is 24.2 Å². The molecule has 0 bridgehead atoms. The Labute approximate surface area is 138 Å². The molecule has 0 spiro atoms. The molecule has 0 saturated carbocycles. The fraction of sp³-hybridized carbons (Fsp3) is 0.235. The van der Waals surface area contributed by atoms with Gasteiger partial charge in [-0.2, -0.15) is 0 Å². The Balaban J connectivity index is 2.26. The van der Waals surface area contributed by atoms with E-state index in [0.29, 0.717) is 11.0 Å². The summed E-state index contributed by atoms with van der Waals surface area (Å²) in [6.45, 7) is 4.16. The van der Waals surface area contributed by atoms with Crippen LogP contribution in [-0.2, 0) is 0 Å². The zero-order valence-electron chi connectivity index (χ0n) is 13.1. The fourth-order valence-electron chi connectivity index (χ4n) is 2.25. The maximum Gasteiger partial charge on any atom is 0.335 e. The number of carboxylic acids is 1. The standard InChI is InChI=1S/C17H17N3O2S/c1-10(2)20(3)16-15(14-5-4-8-23-14)18-12-7-6-11(17(21)22)9-13(12)19-16/h4-10H,1-3H3,(H,21,22). The van der Waals surface area contributed by atoms with E-state index < -0.39 is 5.97 Å². The van der Waals surface area contributed by atoms with Crippen molar-refractivity contribution in [3.8, 4) is 10.6 Å². The molecule has 0 aliphatic carbocycles. The molecule has 23 heavy (non-hydrogen) atoms. The number of fused-ring (bicyclic) bond motifs is 1. The number of rotatable bonds is 4. The molecule has 6 heteroatoms. The van der Waals surface area contributed by atoms with Crippen molar-refractivity contribution in [2.75, 3.05) is 11.9 Å². The van der Waals surface area contributed by atoms with Gasteiger partial charge in [0.25, 0.3) is 0 Å². The van der Waals surface area contributed by atoms with Crippen molar-refractivity contribution in [2.24, 2.45) is 0 Å². The summed E-state index contributed by atoms with van der Waals surface area (Å²) in [5.74, 6) is -0.202. The highest BCUT2D eigenvalue weighted by atomic mass is 32.1. The van der Waals surface area contributed by atoms with Crippen molar-refractivity contribution in [3.63, 3.8) is 0 Å². The van der Waals surface area contributed by atoms with E-state index in [4.69, 9.17) is 15.1 Å². The van der Waals surface area contributed by atoms with Gasteiger partial charge in [-0.3, -0.25) is 0 Å². The Morgan fingerprint density at radius 1 is 1.22 bits per heavy atom. The van der Waals surface area contributed by atoms with E-state index in [2.05, 4.69) is 18.7 Å². The monoisotopic (exact) mass is 327 g/mol. The molecule has 118 valence electrons. The first kappa shape index (κ1) is 15.4. The summed E-state index contributed by atoms with van der Waals surface area (Å²) in [7, 11) is 1.97. The number of hydrogen-bond acceptors (Lipinski definition) is 5. The van der Waals surface area contributed by atoms with Crippen LogP contribution in [0.15, 0.2) is 35.7 Å². The summed E-state index contributed by atoms with van der Waals surface area (Å²) >= 11 is 1.61. The van der Waals surface area contributed by atoms with Crippen molar-refractivity contribution in [1.82, 2.24) is 9.97 Å². The second kappa shape index (κ2) is 5.96. The summed E-state index contributed by atoms with van der Waals surface area (Å²) in [6, 6.07) is 9.09. The van der Waals surface area contributed by atoms with Gasteiger partial charge in [-0.25, -0.2) is 14.8 Å². The van der Waals surface area contributed by atoms with E-state index in [1.807, 2.05) is 24.6 Å². The predicted molar refractivity (Wildman–Crippen MR) is 93.3 cm³/mol. The maximum atomic E-state index is 11.2. The van der Waals surface area contributed by atoms with Gasteiger partial charge in [-0.15, -0.1) is 11.3 Å². The largest absolute Gasteiger partial charge is 0.478 e. The van der Waals surface area contributed by atoms with E-state index in [-0.39, 0.29) is 11.6 Å². The average molecular weight is 327 g/mol. The number of hydrogen-bond donors (Lipinski definition) is 1. The number of carbonyl (C=O) groups is 1. The van der Waals surface area contributed by atoms with Gasteiger partial charge in [0, 0.05) is 13.1 Å². The van der Waals surface area contributed by atoms with Gasteiger partial charge in [0.05, 0.1) is 21.5 Å². The lowest BCUT2D eigenvalue weighted by Gasteiger charge is -2.24. The van der Waals surface area contributed by atoms with Gasteiger partial charge in [0.2, 0.25) is 0 Å². The van der Waals surface area contributed by atoms with Gasteiger partial charge in [-0.05, 0) is 43.5 Å². The Morgan fingerprint density at radius 2 is 2.00 bits per heavy atom. The van der Waals surface area contributed by atoms with Crippen LogP contribution in [0.5, 0.6) is 0 Å². The first-order valence-corrected chi connectivity index (χ1v) is 8.17. The topological polar surface area (TPSA) is 66.3 Å². The highest BCUT2D eigenvalue weighted by Gasteiger charge is 2.18. The molecule has 0 amide bonds. The minimum absolute atomic E-state index is 0.217. The maximum absolute atomic E-state index is 11.2. The summed E-state index contributed by atoms with van der Waals surface area (Å²) < 4.78 is 0. The molecular formula is C17H17N3O2S. The quantitative estimate of drug-likeness (QED) is 0.787. The van der Waals surface area contributed by atoms with Crippen LogP contribution in [0.3, 0.4) is 0 Å². The molecule has 5 nitrogen and oxygen atoms in total. The van der Waals surface area contributed by atoms with Crippen LogP contribution in [-0.4, -0.2) is 34.1 Å². The molecular weight excluding hydrogens is 310 g/mol. The predicted octanol–water partition coefficient (Wildman–Crippen LogP) is 3.90. The molecule has 0 unspecified atom stereocenters. The van der Waals surface area contributed by atoms with Crippen molar-refractivity contribution in [3.05, 3.63) is 41.3 Å². The zero-order valence-corrected chi connectivity index (χ0v) is 14.0. The van der Waals surface area contributed by atoms with Crippen LogP contribution in [0, 0.1) is 0 Å². The third-order valence-corrected chi connectivity index (χ3v) is 4.63. The first-order valence-electron chi connectivity index (χ1n) is 7.29. The molecule has 2 aromatic heterocycles. The minimum Gasteiger partial charge on any atom is -0.478 e. The van der Waals surface area contributed by atoms with Crippen LogP contribution >= 0.6 is 11.3 Å². The summed E-state index contributed by atoms with van der Waals surface area (Å²) in [4.78, 5) is 23.7. The lowest BCUT2D eigenvalue weighted by molar-refractivity contribution is 0.0697. The Hall–Kier alpha value is -2.47. The molecule has 3 rings (SSSR count).